The number of rotatable bonds is 3. The van der Waals surface area contributed by atoms with Gasteiger partial charge in [-0.2, -0.15) is 26.3 Å². The number of benzene rings is 1. The highest BCUT2D eigenvalue weighted by Gasteiger charge is 2.38. The second-order valence-electron chi connectivity index (χ2n) is 5.49. The van der Waals surface area contributed by atoms with E-state index in [1.165, 1.54) is 7.11 Å². The zero-order valence-corrected chi connectivity index (χ0v) is 13.1. The molecular weight excluding hydrogens is 356 g/mol. The summed E-state index contributed by atoms with van der Waals surface area (Å²) in [4.78, 5) is 13.6. The first-order chi connectivity index (χ1) is 11.5. The minimum absolute atomic E-state index is 0.0101. The number of carbonyl (C=O) groups excluding carboxylic acids is 1. The molecule has 0 spiro atoms. The summed E-state index contributed by atoms with van der Waals surface area (Å²) in [5.74, 6) is -0.916. The predicted molar refractivity (Wildman–Crippen MR) is 74.0 cm³/mol. The molecule has 1 fully saturated rings. The summed E-state index contributed by atoms with van der Waals surface area (Å²) in [6.45, 7) is 0.353. The molecule has 0 unspecified atom stereocenters. The fourth-order valence-corrected chi connectivity index (χ4v) is 2.45. The van der Waals surface area contributed by atoms with Crippen LogP contribution in [0.25, 0.3) is 0 Å². The minimum atomic E-state index is -5.00. The standard InChI is InChI=1S/C15H15F6NO3/c1-24-8-12-7-22(2-3-25-12)13(23)9-4-10(14(16,17)18)6-11(5-9)15(19,20)21/h4-6,12H,2-3,7-8H2,1H3/t12-/m0/s1. The molecule has 0 aromatic heterocycles. The second-order valence-corrected chi connectivity index (χ2v) is 5.49. The normalized spacial score (nSPS) is 19.2. The molecule has 10 heteroatoms. The number of carbonyl (C=O) groups is 1. The van der Waals surface area contributed by atoms with Crippen molar-refractivity contribution < 1.29 is 40.6 Å². The van der Waals surface area contributed by atoms with E-state index in [1.54, 1.807) is 0 Å². The SMILES string of the molecule is COC[C@@H]1CN(C(=O)c2cc(C(F)(F)F)cc(C(F)(F)F)c2)CCO1. The van der Waals surface area contributed by atoms with Crippen LogP contribution < -0.4 is 0 Å². The molecule has 1 aliphatic rings. The summed E-state index contributed by atoms with van der Waals surface area (Å²) in [6, 6.07) is 0.848. The van der Waals surface area contributed by atoms with E-state index in [2.05, 4.69) is 0 Å². The maximum atomic E-state index is 12.9. The molecule has 1 amide bonds. The van der Waals surface area contributed by atoms with E-state index in [0.717, 1.165) is 4.90 Å². The van der Waals surface area contributed by atoms with Crippen molar-refractivity contribution >= 4 is 5.91 Å². The lowest BCUT2D eigenvalue weighted by molar-refractivity contribution is -0.143. The molecule has 25 heavy (non-hydrogen) atoms. The van der Waals surface area contributed by atoms with Crippen LogP contribution in [0.4, 0.5) is 26.3 Å². The van der Waals surface area contributed by atoms with Crippen molar-refractivity contribution in [1.29, 1.82) is 0 Å². The van der Waals surface area contributed by atoms with Gasteiger partial charge in [0, 0.05) is 25.8 Å². The van der Waals surface area contributed by atoms with Crippen molar-refractivity contribution in [1.82, 2.24) is 4.90 Å². The molecule has 140 valence electrons. The van der Waals surface area contributed by atoms with Gasteiger partial charge in [0.25, 0.3) is 5.91 Å². The largest absolute Gasteiger partial charge is 0.416 e. The first-order valence-corrected chi connectivity index (χ1v) is 7.21. The quantitative estimate of drug-likeness (QED) is 0.766. The van der Waals surface area contributed by atoms with Crippen LogP contribution in [0, 0.1) is 0 Å². The van der Waals surface area contributed by atoms with E-state index in [0.29, 0.717) is 12.1 Å². The van der Waals surface area contributed by atoms with Crippen LogP contribution in [-0.4, -0.2) is 50.3 Å². The number of halogens is 6. The third-order valence-corrected chi connectivity index (χ3v) is 3.61. The Morgan fingerprint density at radius 2 is 1.72 bits per heavy atom. The summed E-state index contributed by atoms with van der Waals surface area (Å²) in [6.07, 6.45) is -10.5. The number of hydrogen-bond acceptors (Lipinski definition) is 3. The molecule has 0 bridgehead atoms. The van der Waals surface area contributed by atoms with Crippen LogP contribution in [0.1, 0.15) is 21.5 Å². The van der Waals surface area contributed by atoms with E-state index in [4.69, 9.17) is 9.47 Å². The van der Waals surface area contributed by atoms with Gasteiger partial charge < -0.3 is 14.4 Å². The van der Waals surface area contributed by atoms with Gasteiger partial charge in [0.05, 0.1) is 30.4 Å². The van der Waals surface area contributed by atoms with E-state index < -0.39 is 41.1 Å². The van der Waals surface area contributed by atoms with Crippen molar-refractivity contribution in [2.24, 2.45) is 0 Å². The van der Waals surface area contributed by atoms with Crippen LogP contribution in [0.15, 0.2) is 18.2 Å². The predicted octanol–water partition coefficient (Wildman–Crippen LogP) is 3.21. The molecule has 1 aromatic rings. The fraction of sp³-hybridized carbons (Fsp3) is 0.533. The maximum Gasteiger partial charge on any atom is 0.416 e. The van der Waals surface area contributed by atoms with Crippen molar-refractivity contribution in [2.75, 3.05) is 33.4 Å². The summed E-state index contributed by atoms with van der Waals surface area (Å²) in [5, 5.41) is 0. The molecular formula is C15H15F6NO3. The number of morpholine rings is 1. The van der Waals surface area contributed by atoms with Crippen molar-refractivity contribution in [3.63, 3.8) is 0 Å². The Morgan fingerprint density at radius 1 is 1.16 bits per heavy atom. The third kappa shape index (κ3) is 4.85. The van der Waals surface area contributed by atoms with E-state index in [1.807, 2.05) is 0 Å². The summed E-state index contributed by atoms with van der Waals surface area (Å²) >= 11 is 0. The van der Waals surface area contributed by atoms with E-state index >= 15 is 0 Å². The molecule has 0 saturated carbocycles. The molecule has 0 aliphatic carbocycles. The van der Waals surface area contributed by atoms with E-state index in [9.17, 15) is 31.1 Å². The lowest BCUT2D eigenvalue weighted by Gasteiger charge is -2.32. The molecule has 0 N–H and O–H groups in total. The zero-order valence-electron chi connectivity index (χ0n) is 13.1. The van der Waals surface area contributed by atoms with Crippen molar-refractivity contribution in [3.8, 4) is 0 Å². The lowest BCUT2D eigenvalue weighted by Crippen LogP contribution is -2.47. The Morgan fingerprint density at radius 3 is 2.20 bits per heavy atom. The average molecular weight is 371 g/mol. The first-order valence-electron chi connectivity index (χ1n) is 7.21. The molecule has 1 heterocycles. The number of methoxy groups -OCH3 is 1. The summed E-state index contributed by atoms with van der Waals surface area (Å²) in [7, 11) is 1.41. The molecule has 1 aliphatic heterocycles. The Bertz CT molecular complexity index is 594. The Hall–Kier alpha value is -1.81. The van der Waals surface area contributed by atoms with Gasteiger partial charge >= 0.3 is 12.4 Å². The number of nitrogens with zero attached hydrogens (tertiary/aromatic N) is 1. The van der Waals surface area contributed by atoms with Crippen LogP contribution in [-0.2, 0) is 21.8 Å². The Kier molecular flexibility index (Phi) is 5.62. The molecule has 0 radical (unpaired) electrons. The molecule has 1 atom stereocenters. The smallest absolute Gasteiger partial charge is 0.382 e. The Balaban J connectivity index is 2.35. The van der Waals surface area contributed by atoms with Crippen molar-refractivity contribution in [2.45, 2.75) is 18.5 Å². The zero-order chi connectivity index (χ0) is 18.8. The van der Waals surface area contributed by atoms with Crippen LogP contribution >= 0.6 is 0 Å². The van der Waals surface area contributed by atoms with Crippen LogP contribution in [0.5, 0.6) is 0 Å². The summed E-state index contributed by atoms with van der Waals surface area (Å²) < 4.78 is 87.4. The van der Waals surface area contributed by atoms with Gasteiger partial charge in [0.1, 0.15) is 0 Å². The second kappa shape index (κ2) is 7.20. The highest BCUT2D eigenvalue weighted by Crippen LogP contribution is 2.36. The Labute approximate surface area is 139 Å². The fourth-order valence-electron chi connectivity index (χ4n) is 2.45. The van der Waals surface area contributed by atoms with Gasteiger partial charge in [-0.25, -0.2) is 0 Å². The maximum absolute atomic E-state index is 12.9. The van der Waals surface area contributed by atoms with Gasteiger partial charge in [-0.05, 0) is 18.2 Å². The number of ether oxygens (including phenoxy) is 2. The molecule has 1 saturated heterocycles. The van der Waals surface area contributed by atoms with Gasteiger partial charge in [-0.15, -0.1) is 0 Å². The number of hydrogen-bond donors (Lipinski definition) is 0. The van der Waals surface area contributed by atoms with Gasteiger partial charge in [-0.3, -0.25) is 4.79 Å². The average Bonchev–Trinajstić information content (AvgIpc) is 2.52. The van der Waals surface area contributed by atoms with Crippen molar-refractivity contribution in [3.05, 3.63) is 34.9 Å². The van der Waals surface area contributed by atoms with Crippen LogP contribution in [0.2, 0.25) is 0 Å². The third-order valence-electron chi connectivity index (χ3n) is 3.61. The number of alkyl halides is 6. The monoisotopic (exact) mass is 371 g/mol. The molecule has 1 aromatic carbocycles. The van der Waals surface area contributed by atoms with Gasteiger partial charge in [0.15, 0.2) is 0 Å². The summed E-state index contributed by atoms with van der Waals surface area (Å²) in [5.41, 5.74) is -3.71. The van der Waals surface area contributed by atoms with Gasteiger partial charge in [-0.1, -0.05) is 0 Å². The molecule has 2 rings (SSSR count). The van der Waals surface area contributed by atoms with Crippen LogP contribution in [0.3, 0.4) is 0 Å². The highest BCUT2D eigenvalue weighted by molar-refractivity contribution is 5.94. The minimum Gasteiger partial charge on any atom is -0.382 e. The number of amides is 1. The van der Waals surface area contributed by atoms with E-state index in [-0.39, 0.29) is 32.4 Å². The highest BCUT2D eigenvalue weighted by atomic mass is 19.4. The topological polar surface area (TPSA) is 38.8 Å². The lowest BCUT2D eigenvalue weighted by atomic mass is 10.0. The van der Waals surface area contributed by atoms with Gasteiger partial charge in [0.2, 0.25) is 0 Å². The molecule has 4 nitrogen and oxygen atoms in total. The first kappa shape index (κ1) is 19.5.